The van der Waals surface area contributed by atoms with Crippen LogP contribution in [0.2, 0.25) is 0 Å². The van der Waals surface area contributed by atoms with Crippen LogP contribution in [-0.2, 0) is 24.7 Å². The minimum atomic E-state index is -1.43. The van der Waals surface area contributed by atoms with Crippen LogP contribution in [0.15, 0.2) is 29.4 Å². The number of hydrazine groups is 1. The Morgan fingerprint density at radius 1 is 1.29 bits per heavy atom. The summed E-state index contributed by atoms with van der Waals surface area (Å²) >= 11 is 0. The first-order chi connectivity index (χ1) is 14.3. The molecule has 1 saturated heterocycles. The van der Waals surface area contributed by atoms with Crippen molar-refractivity contribution in [3.05, 3.63) is 35.4 Å². The molecule has 1 aromatic carbocycles. The lowest BCUT2D eigenvalue weighted by molar-refractivity contribution is -0.163. The van der Waals surface area contributed by atoms with E-state index in [2.05, 4.69) is 10.4 Å². The second kappa shape index (κ2) is 8.72. The highest BCUT2D eigenvalue weighted by Crippen LogP contribution is 2.30. The Kier molecular flexibility index (Phi) is 6.70. The molecule has 168 valence electrons. The van der Waals surface area contributed by atoms with Gasteiger partial charge in [-0.15, -0.1) is 0 Å². The number of hydrazone groups is 1. The highest BCUT2D eigenvalue weighted by Gasteiger charge is 2.52. The number of urea groups is 1. The number of hydrogen-bond acceptors (Lipinski definition) is 8. The van der Waals surface area contributed by atoms with Gasteiger partial charge in [0.25, 0.3) is 5.91 Å². The molecule has 31 heavy (non-hydrogen) atoms. The molecule has 0 unspecified atom stereocenters. The summed E-state index contributed by atoms with van der Waals surface area (Å²) in [5.41, 5.74) is 4.87. The van der Waals surface area contributed by atoms with E-state index in [0.29, 0.717) is 16.1 Å². The van der Waals surface area contributed by atoms with E-state index in [9.17, 15) is 19.2 Å². The van der Waals surface area contributed by atoms with Gasteiger partial charge in [0.15, 0.2) is 0 Å². The molecule has 4 amide bonds. The number of carbonyl (C=O) groups is 4. The third-order valence-electron chi connectivity index (χ3n) is 4.57. The van der Waals surface area contributed by atoms with E-state index in [1.165, 1.54) is 20.1 Å². The predicted molar refractivity (Wildman–Crippen MR) is 112 cm³/mol. The number of ether oxygens (including phenoxy) is 1. The first kappa shape index (κ1) is 23.8. The maximum absolute atomic E-state index is 13.2. The van der Waals surface area contributed by atoms with Gasteiger partial charge in [0, 0.05) is 6.92 Å². The third-order valence-corrected chi connectivity index (χ3v) is 4.57. The Labute approximate surface area is 180 Å². The van der Waals surface area contributed by atoms with E-state index in [1.54, 1.807) is 45.0 Å². The van der Waals surface area contributed by atoms with Crippen LogP contribution in [0.25, 0.3) is 0 Å². The van der Waals surface area contributed by atoms with Gasteiger partial charge in [-0.2, -0.15) is 10.1 Å². The Hall–Kier alpha value is -3.47. The van der Waals surface area contributed by atoms with Crippen LogP contribution in [0.3, 0.4) is 0 Å². The number of imide groups is 1. The van der Waals surface area contributed by atoms with Gasteiger partial charge in [-0.25, -0.2) is 9.80 Å². The molecule has 1 aromatic rings. The van der Waals surface area contributed by atoms with Gasteiger partial charge in [-0.3, -0.25) is 14.4 Å². The number of benzene rings is 1. The molecule has 2 rings (SSSR count). The average Bonchev–Trinajstić information content (AvgIpc) is 2.88. The summed E-state index contributed by atoms with van der Waals surface area (Å²) in [5.74, 6) is 3.05. The van der Waals surface area contributed by atoms with E-state index in [4.69, 9.17) is 16.3 Å². The molecule has 1 heterocycles. The number of nitrogens with two attached hydrogens (primary N) is 2. The molecule has 1 fully saturated rings. The molecule has 0 bridgehead atoms. The van der Waals surface area contributed by atoms with E-state index >= 15 is 0 Å². The van der Waals surface area contributed by atoms with Gasteiger partial charge in [0.1, 0.15) is 17.2 Å². The first-order valence-electron chi connectivity index (χ1n) is 9.57. The van der Waals surface area contributed by atoms with Crippen LogP contribution < -0.4 is 16.9 Å². The van der Waals surface area contributed by atoms with Crippen molar-refractivity contribution in [2.45, 2.75) is 51.8 Å². The van der Waals surface area contributed by atoms with Gasteiger partial charge >= 0.3 is 12.0 Å². The Balaban J connectivity index is 2.28. The standard InChI is InChI=1S/C20H28N6O5/c1-12(27)25(11-15(21)16(28)31-19(2,3)4)26-17(29)20(5,24-18(26)30)14-8-6-13(7-9-14)10-23-22/h6-10,15H,11,21-22H2,1-5H3,(H,24,30)/t15-,20+/m0/s1. The minimum Gasteiger partial charge on any atom is -0.459 e. The molecular weight excluding hydrogens is 404 g/mol. The summed E-state index contributed by atoms with van der Waals surface area (Å²) in [6.07, 6.45) is 1.43. The second-order valence-corrected chi connectivity index (χ2v) is 8.31. The lowest BCUT2D eigenvalue weighted by Gasteiger charge is -2.31. The molecule has 11 heteroatoms. The molecule has 0 aliphatic carbocycles. The summed E-state index contributed by atoms with van der Waals surface area (Å²) in [4.78, 5) is 50.4. The first-order valence-corrected chi connectivity index (χ1v) is 9.57. The quantitative estimate of drug-likeness (QED) is 0.190. The fourth-order valence-electron chi connectivity index (χ4n) is 3.02. The number of nitrogens with one attached hydrogen (secondary N) is 1. The summed E-state index contributed by atoms with van der Waals surface area (Å²) in [6.45, 7) is 7.30. The molecule has 11 nitrogen and oxygen atoms in total. The monoisotopic (exact) mass is 432 g/mol. The smallest absolute Gasteiger partial charge is 0.344 e. The Morgan fingerprint density at radius 2 is 1.87 bits per heavy atom. The SMILES string of the molecule is CC(=O)N(C[C@H](N)C(=O)OC(C)(C)C)N1C(=O)N[C@](C)(c2ccc(C=NN)cc2)C1=O. The molecule has 0 aromatic heterocycles. The van der Waals surface area contributed by atoms with Crippen LogP contribution in [0.5, 0.6) is 0 Å². The Bertz CT molecular complexity index is 908. The maximum atomic E-state index is 13.2. The summed E-state index contributed by atoms with van der Waals surface area (Å²) in [6, 6.07) is 4.57. The molecule has 0 saturated carbocycles. The number of rotatable bonds is 6. The predicted octanol–water partition coefficient (Wildman–Crippen LogP) is 0.179. The number of hydrogen-bond donors (Lipinski definition) is 3. The Morgan fingerprint density at radius 3 is 2.35 bits per heavy atom. The van der Waals surface area contributed by atoms with Crippen LogP contribution in [-0.4, -0.2) is 58.2 Å². The topological polar surface area (TPSA) is 160 Å². The number of carbonyl (C=O) groups excluding carboxylic acids is 4. The zero-order chi connectivity index (χ0) is 23.6. The number of nitrogens with zero attached hydrogens (tertiary/aromatic N) is 3. The van der Waals surface area contributed by atoms with E-state index in [1.807, 2.05) is 0 Å². The van der Waals surface area contributed by atoms with Crippen molar-refractivity contribution in [3.8, 4) is 0 Å². The zero-order valence-electron chi connectivity index (χ0n) is 18.2. The van der Waals surface area contributed by atoms with Crippen LogP contribution >= 0.6 is 0 Å². The summed E-state index contributed by atoms with van der Waals surface area (Å²) in [5, 5.41) is 7.54. The molecule has 1 aliphatic heterocycles. The third kappa shape index (κ3) is 5.18. The highest BCUT2D eigenvalue weighted by molar-refractivity contribution is 6.08. The summed E-state index contributed by atoms with van der Waals surface area (Å²) in [7, 11) is 0. The van der Waals surface area contributed by atoms with Crippen LogP contribution in [0.1, 0.15) is 45.7 Å². The second-order valence-electron chi connectivity index (χ2n) is 8.31. The largest absolute Gasteiger partial charge is 0.459 e. The normalized spacial score (nSPS) is 20.0. The van der Waals surface area contributed by atoms with Crippen molar-refractivity contribution >= 4 is 30.0 Å². The van der Waals surface area contributed by atoms with Gasteiger partial charge in [-0.05, 0) is 38.8 Å². The van der Waals surface area contributed by atoms with Crippen molar-refractivity contribution < 1.29 is 23.9 Å². The number of esters is 1. The summed E-state index contributed by atoms with van der Waals surface area (Å²) < 4.78 is 5.21. The van der Waals surface area contributed by atoms with Gasteiger partial charge < -0.3 is 21.6 Å². The van der Waals surface area contributed by atoms with Crippen molar-refractivity contribution in [3.63, 3.8) is 0 Å². The van der Waals surface area contributed by atoms with Crippen molar-refractivity contribution in [1.82, 2.24) is 15.3 Å². The van der Waals surface area contributed by atoms with Crippen LogP contribution in [0.4, 0.5) is 4.79 Å². The molecule has 0 radical (unpaired) electrons. The van der Waals surface area contributed by atoms with Gasteiger partial charge in [-0.1, -0.05) is 24.3 Å². The van der Waals surface area contributed by atoms with E-state index in [0.717, 1.165) is 5.01 Å². The zero-order valence-corrected chi connectivity index (χ0v) is 18.2. The van der Waals surface area contributed by atoms with Crippen molar-refractivity contribution in [2.24, 2.45) is 16.7 Å². The lowest BCUT2D eigenvalue weighted by atomic mass is 9.91. The molecule has 2 atom stereocenters. The number of amides is 4. The van der Waals surface area contributed by atoms with Crippen LogP contribution in [0, 0.1) is 0 Å². The van der Waals surface area contributed by atoms with Crippen molar-refractivity contribution in [1.29, 1.82) is 0 Å². The van der Waals surface area contributed by atoms with Gasteiger partial charge in [0.05, 0.1) is 12.8 Å². The molecule has 5 N–H and O–H groups in total. The van der Waals surface area contributed by atoms with Gasteiger partial charge in [0.2, 0.25) is 5.91 Å². The molecule has 1 aliphatic rings. The maximum Gasteiger partial charge on any atom is 0.344 e. The van der Waals surface area contributed by atoms with Crippen molar-refractivity contribution in [2.75, 3.05) is 6.54 Å². The fraction of sp³-hybridized carbons (Fsp3) is 0.450. The molecular formula is C20H28N6O5. The fourth-order valence-corrected chi connectivity index (χ4v) is 3.02. The van der Waals surface area contributed by atoms with E-state index in [-0.39, 0.29) is 0 Å². The van der Waals surface area contributed by atoms with E-state index < -0.39 is 47.5 Å². The molecule has 0 spiro atoms. The lowest BCUT2D eigenvalue weighted by Crippen LogP contribution is -2.56. The minimum absolute atomic E-state index is 0.411. The average molecular weight is 432 g/mol. The highest BCUT2D eigenvalue weighted by atomic mass is 16.6.